The molecule has 3 heterocycles. The van der Waals surface area contributed by atoms with Crippen molar-refractivity contribution in [1.29, 1.82) is 0 Å². The summed E-state index contributed by atoms with van der Waals surface area (Å²) in [5.41, 5.74) is 3.84. The highest BCUT2D eigenvalue weighted by molar-refractivity contribution is 5.78. The van der Waals surface area contributed by atoms with Gasteiger partial charge in [0.05, 0.1) is 17.6 Å². The van der Waals surface area contributed by atoms with E-state index in [1.54, 1.807) is 0 Å². The summed E-state index contributed by atoms with van der Waals surface area (Å²) in [6.07, 6.45) is 15.0. The minimum Gasteiger partial charge on any atom is -0.337 e. The molecule has 3 fully saturated rings. The Morgan fingerprint density at radius 2 is 2.04 bits per heavy atom. The first-order valence-electron chi connectivity index (χ1n) is 11.3. The van der Waals surface area contributed by atoms with Crippen LogP contribution >= 0.6 is 0 Å². The van der Waals surface area contributed by atoms with Gasteiger partial charge in [-0.15, -0.1) is 0 Å². The number of allylic oxidation sites excluding steroid dienone is 2. The van der Waals surface area contributed by atoms with Gasteiger partial charge in [0, 0.05) is 24.7 Å². The first-order valence-corrected chi connectivity index (χ1v) is 11.3. The summed E-state index contributed by atoms with van der Waals surface area (Å²) < 4.78 is 0. The molecule has 4 heteroatoms. The fraction of sp³-hybridized carbons (Fsp3) is 0.708. The van der Waals surface area contributed by atoms with Crippen molar-refractivity contribution in [3.63, 3.8) is 0 Å². The monoisotopic (exact) mass is 379 g/mol. The van der Waals surface area contributed by atoms with Crippen LogP contribution in [0.4, 0.5) is 0 Å². The second kappa shape index (κ2) is 6.40. The molecule has 28 heavy (non-hydrogen) atoms. The summed E-state index contributed by atoms with van der Waals surface area (Å²) in [5, 5.41) is 0. The van der Waals surface area contributed by atoms with Crippen LogP contribution in [0.3, 0.4) is 0 Å². The summed E-state index contributed by atoms with van der Waals surface area (Å²) >= 11 is 0. The summed E-state index contributed by atoms with van der Waals surface area (Å²) in [5.74, 6) is 2.34. The molecule has 1 aromatic rings. The van der Waals surface area contributed by atoms with E-state index in [2.05, 4.69) is 36.7 Å². The third-order valence-electron chi connectivity index (χ3n) is 8.81. The fourth-order valence-electron chi connectivity index (χ4n) is 7.34. The molecule has 150 valence electrons. The number of nitrogens with zero attached hydrogens (tertiary/aromatic N) is 3. The Balaban J connectivity index is 1.49. The van der Waals surface area contributed by atoms with E-state index in [0.29, 0.717) is 23.7 Å². The van der Waals surface area contributed by atoms with Crippen molar-refractivity contribution in [2.75, 3.05) is 6.54 Å². The Labute approximate surface area is 168 Å². The van der Waals surface area contributed by atoms with Crippen LogP contribution in [0.1, 0.15) is 77.1 Å². The molecule has 0 N–H and O–H groups in total. The number of carbonyl (C=O) groups is 1. The third-order valence-corrected chi connectivity index (χ3v) is 8.81. The lowest BCUT2D eigenvalue weighted by atomic mass is 9.54. The zero-order valence-corrected chi connectivity index (χ0v) is 17.6. The highest BCUT2D eigenvalue weighted by atomic mass is 16.2. The lowest BCUT2D eigenvalue weighted by molar-refractivity contribution is -0.135. The van der Waals surface area contributed by atoms with Crippen molar-refractivity contribution in [2.24, 2.45) is 23.2 Å². The fourth-order valence-corrected chi connectivity index (χ4v) is 7.34. The number of aromatic nitrogens is 2. The predicted molar refractivity (Wildman–Crippen MR) is 110 cm³/mol. The SMILES string of the molecule is CCc1cncc(C2=CCC3C4CCC(=O)N5CCCC5(C)C4CCC23C)n1. The van der Waals surface area contributed by atoms with Crippen molar-refractivity contribution < 1.29 is 4.79 Å². The van der Waals surface area contributed by atoms with E-state index in [4.69, 9.17) is 4.98 Å². The Kier molecular flexibility index (Phi) is 4.19. The van der Waals surface area contributed by atoms with Crippen LogP contribution < -0.4 is 0 Å². The van der Waals surface area contributed by atoms with Crippen LogP contribution in [0.25, 0.3) is 5.57 Å². The average molecular weight is 380 g/mol. The molecule has 5 rings (SSSR count). The van der Waals surface area contributed by atoms with E-state index < -0.39 is 0 Å². The molecular formula is C24H33N3O. The van der Waals surface area contributed by atoms with Crippen LogP contribution in [-0.4, -0.2) is 32.9 Å². The van der Waals surface area contributed by atoms with Crippen molar-refractivity contribution in [1.82, 2.24) is 14.9 Å². The summed E-state index contributed by atoms with van der Waals surface area (Å²) in [7, 11) is 0. The van der Waals surface area contributed by atoms with Gasteiger partial charge in [-0.2, -0.15) is 0 Å². The first-order chi connectivity index (χ1) is 13.5. The van der Waals surface area contributed by atoms with Gasteiger partial charge < -0.3 is 4.90 Å². The molecule has 2 saturated heterocycles. The molecule has 1 amide bonds. The Morgan fingerprint density at radius 1 is 1.18 bits per heavy atom. The predicted octanol–water partition coefficient (Wildman–Crippen LogP) is 4.65. The Hall–Kier alpha value is -1.71. The van der Waals surface area contributed by atoms with Crippen molar-refractivity contribution in [3.05, 3.63) is 29.9 Å². The van der Waals surface area contributed by atoms with Gasteiger partial charge in [0.25, 0.3) is 0 Å². The van der Waals surface area contributed by atoms with Gasteiger partial charge in [-0.05, 0) is 80.6 Å². The van der Waals surface area contributed by atoms with Gasteiger partial charge >= 0.3 is 0 Å². The third kappa shape index (κ3) is 2.45. The van der Waals surface area contributed by atoms with Gasteiger partial charge in [0.1, 0.15) is 0 Å². The van der Waals surface area contributed by atoms with Crippen molar-refractivity contribution >= 4 is 11.5 Å². The van der Waals surface area contributed by atoms with Gasteiger partial charge in [0.2, 0.25) is 5.91 Å². The summed E-state index contributed by atoms with van der Waals surface area (Å²) in [6, 6.07) is 0. The van der Waals surface area contributed by atoms with E-state index >= 15 is 0 Å². The first kappa shape index (κ1) is 18.3. The molecule has 1 aromatic heterocycles. The quantitative estimate of drug-likeness (QED) is 0.751. The zero-order valence-electron chi connectivity index (χ0n) is 17.6. The maximum absolute atomic E-state index is 12.9. The minimum atomic E-state index is 0.0876. The van der Waals surface area contributed by atoms with Crippen molar-refractivity contribution in [2.45, 2.75) is 77.7 Å². The maximum atomic E-state index is 12.9. The molecule has 0 radical (unpaired) electrons. The Morgan fingerprint density at radius 3 is 2.86 bits per heavy atom. The molecule has 0 spiro atoms. The van der Waals surface area contributed by atoms with E-state index in [1.165, 1.54) is 31.3 Å². The number of amides is 1. The standard InChI is InChI=1S/C24H33N3O/c1-4-16-14-25-15-21(26-16)20-8-7-18-17-6-9-22(28)27-13-5-11-24(27,3)19(17)10-12-23(18,20)2/h8,14-15,17-19H,4-7,9-13H2,1-3H3. The number of hydrogen-bond acceptors (Lipinski definition) is 3. The average Bonchev–Trinajstić information content (AvgIpc) is 3.23. The van der Waals surface area contributed by atoms with E-state index in [1.807, 2.05) is 12.4 Å². The second-order valence-corrected chi connectivity index (χ2v) is 9.98. The molecule has 0 bridgehead atoms. The van der Waals surface area contributed by atoms with Gasteiger partial charge in [-0.1, -0.05) is 19.9 Å². The lowest BCUT2D eigenvalue weighted by Crippen LogP contribution is -2.53. The molecule has 4 nitrogen and oxygen atoms in total. The highest BCUT2D eigenvalue weighted by Crippen LogP contribution is 2.63. The summed E-state index contributed by atoms with van der Waals surface area (Å²) in [4.78, 5) is 24.5. The molecule has 0 aromatic carbocycles. The lowest BCUT2D eigenvalue weighted by Gasteiger charge is -2.53. The van der Waals surface area contributed by atoms with Crippen LogP contribution in [0.2, 0.25) is 0 Å². The zero-order chi connectivity index (χ0) is 19.5. The van der Waals surface area contributed by atoms with Crippen LogP contribution in [-0.2, 0) is 11.2 Å². The normalized spacial score (nSPS) is 39.8. The number of rotatable bonds is 2. The number of hydrogen-bond donors (Lipinski definition) is 0. The van der Waals surface area contributed by atoms with Gasteiger partial charge in [0.15, 0.2) is 0 Å². The van der Waals surface area contributed by atoms with Gasteiger partial charge in [-0.3, -0.25) is 9.78 Å². The maximum Gasteiger partial charge on any atom is 0.223 e. The Bertz CT molecular complexity index is 833. The molecule has 5 atom stereocenters. The molecule has 5 unspecified atom stereocenters. The van der Waals surface area contributed by atoms with Crippen LogP contribution in [0.15, 0.2) is 18.5 Å². The topological polar surface area (TPSA) is 46.1 Å². The molecular weight excluding hydrogens is 346 g/mol. The van der Waals surface area contributed by atoms with E-state index in [9.17, 15) is 4.79 Å². The number of carbonyl (C=O) groups excluding carboxylic acids is 1. The molecule has 2 aliphatic heterocycles. The largest absolute Gasteiger partial charge is 0.337 e. The van der Waals surface area contributed by atoms with Crippen molar-refractivity contribution in [3.8, 4) is 0 Å². The molecule has 2 aliphatic carbocycles. The van der Waals surface area contributed by atoms with Crippen LogP contribution in [0, 0.1) is 23.2 Å². The molecule has 1 saturated carbocycles. The highest BCUT2D eigenvalue weighted by Gasteiger charge is 2.58. The minimum absolute atomic E-state index is 0.0876. The molecule has 4 aliphatic rings. The smallest absolute Gasteiger partial charge is 0.223 e. The number of fused-ring (bicyclic) bond motifs is 5. The van der Waals surface area contributed by atoms with Crippen LogP contribution in [0.5, 0.6) is 0 Å². The summed E-state index contributed by atoms with van der Waals surface area (Å²) in [6.45, 7) is 7.98. The second-order valence-electron chi connectivity index (χ2n) is 9.98. The van der Waals surface area contributed by atoms with E-state index in [-0.39, 0.29) is 11.0 Å². The number of aryl methyl sites for hydroxylation is 1. The van der Waals surface area contributed by atoms with E-state index in [0.717, 1.165) is 43.6 Å². The van der Waals surface area contributed by atoms with Gasteiger partial charge in [-0.25, -0.2) is 4.98 Å².